The van der Waals surface area contributed by atoms with Crippen molar-refractivity contribution in [2.75, 3.05) is 0 Å². The van der Waals surface area contributed by atoms with Gasteiger partial charge in [0, 0.05) is 48.4 Å². The molecule has 0 atom stereocenters. The summed E-state index contributed by atoms with van der Waals surface area (Å²) in [5, 5.41) is 11.1. The fraction of sp³-hybridized carbons (Fsp3) is 0.424. The average Bonchev–Trinajstić information content (AvgIpc) is 3.27. The molecule has 0 aliphatic rings. The van der Waals surface area contributed by atoms with Crippen LogP contribution in [0.15, 0.2) is 48.5 Å². The van der Waals surface area contributed by atoms with Crippen LogP contribution in [0.5, 0.6) is 0 Å². The zero-order valence-electron chi connectivity index (χ0n) is 25.4. The fourth-order valence-corrected chi connectivity index (χ4v) is 8.81. The minimum Gasteiger partial charge on any atom is -0.512 e. The number of rotatable bonds is 9. The van der Waals surface area contributed by atoms with Gasteiger partial charge in [0.15, 0.2) is 5.78 Å². The maximum absolute atomic E-state index is 14.6. The van der Waals surface area contributed by atoms with Gasteiger partial charge in [-0.15, -0.1) is 28.9 Å². The predicted octanol–water partition coefficient (Wildman–Crippen LogP) is 9.17. The standard InChI is InChI=1S/C20H18FN2SSi.C13H24O2.Ir/c1-12-17-19(24-20(12)25(2,3)4)18(23-11-22-17)14-9-13-7-5-6-8-15(13)16(21)10-14;1-5-10(6-2)12(14)9-13(15)11(7-3)8-4;/h5-8,10-11H,1-4H3;9-11,14H,5-8H2,1-4H3;/q-1;;/b;12-9-;. The SMILES string of the molecule is CCC(CC)C(=O)/C=C(\O)C(CC)CC.Cc1c([Si](C)(C)C)sc2c(-c3[c-]c4ccccc4c(F)c3)ncnc12.[Ir]. The number of benzene rings is 2. The summed E-state index contributed by atoms with van der Waals surface area (Å²) < 4.78 is 17.0. The predicted molar refractivity (Wildman–Crippen MR) is 171 cm³/mol. The third kappa shape index (κ3) is 8.19. The zero-order chi connectivity index (χ0) is 29.6. The number of carbonyl (C=O) groups excluding carboxylic acids is 1. The summed E-state index contributed by atoms with van der Waals surface area (Å²) in [6.07, 6.45) is 6.48. The van der Waals surface area contributed by atoms with Gasteiger partial charge in [0.05, 0.1) is 25.2 Å². The van der Waals surface area contributed by atoms with E-state index in [2.05, 4.69) is 42.6 Å². The number of hydrogen-bond acceptors (Lipinski definition) is 5. The number of thiophene rings is 1. The molecule has 0 amide bonds. The Hall–Kier alpha value is -2.25. The molecule has 0 unspecified atom stereocenters. The first kappa shape index (κ1) is 34.9. The van der Waals surface area contributed by atoms with E-state index in [0.717, 1.165) is 47.0 Å². The molecule has 0 aliphatic carbocycles. The van der Waals surface area contributed by atoms with Gasteiger partial charge < -0.3 is 5.11 Å². The maximum atomic E-state index is 14.6. The molecule has 41 heavy (non-hydrogen) atoms. The molecule has 4 rings (SSSR count). The second-order valence-electron chi connectivity index (χ2n) is 11.3. The first-order valence-electron chi connectivity index (χ1n) is 14.3. The molecule has 0 aliphatic heterocycles. The van der Waals surface area contributed by atoms with Crippen molar-refractivity contribution in [3.63, 3.8) is 0 Å². The van der Waals surface area contributed by atoms with E-state index in [1.165, 1.54) is 22.2 Å². The molecular weight excluding hydrogens is 728 g/mol. The minimum atomic E-state index is -1.47. The van der Waals surface area contributed by atoms with Crippen LogP contribution in [0.2, 0.25) is 19.6 Å². The van der Waals surface area contributed by atoms with Crippen LogP contribution >= 0.6 is 11.3 Å². The molecule has 4 aromatic rings. The zero-order valence-corrected chi connectivity index (χ0v) is 29.6. The fourth-order valence-electron chi connectivity index (χ4n) is 5.02. The maximum Gasteiger partial charge on any atom is 0.162 e. The smallest absolute Gasteiger partial charge is 0.162 e. The average molecular weight is 770 g/mol. The van der Waals surface area contributed by atoms with Crippen LogP contribution in [-0.4, -0.2) is 28.9 Å². The molecule has 1 N–H and O–H groups in total. The van der Waals surface area contributed by atoms with E-state index in [4.69, 9.17) is 0 Å². The van der Waals surface area contributed by atoms with Crippen LogP contribution in [0.4, 0.5) is 4.39 Å². The van der Waals surface area contributed by atoms with E-state index in [-0.39, 0.29) is 49.3 Å². The molecule has 1 radical (unpaired) electrons. The van der Waals surface area contributed by atoms with E-state index in [1.807, 2.05) is 45.9 Å². The number of halogens is 1. The monoisotopic (exact) mass is 770 g/mol. The van der Waals surface area contributed by atoms with E-state index in [0.29, 0.717) is 10.9 Å². The molecule has 8 heteroatoms. The van der Waals surface area contributed by atoms with Gasteiger partial charge in [0.1, 0.15) is 6.33 Å². The summed E-state index contributed by atoms with van der Waals surface area (Å²) >= 11 is 1.76. The summed E-state index contributed by atoms with van der Waals surface area (Å²) in [6.45, 7) is 17.2. The summed E-state index contributed by atoms with van der Waals surface area (Å²) in [4.78, 5) is 20.7. The van der Waals surface area contributed by atoms with E-state index >= 15 is 0 Å². The number of carbonyl (C=O) groups is 1. The van der Waals surface area contributed by atoms with Gasteiger partial charge in [0.25, 0.3) is 0 Å². The van der Waals surface area contributed by atoms with Crippen molar-refractivity contribution in [1.82, 2.24) is 9.97 Å². The molecule has 0 fully saturated rings. The number of hydrogen-bond donors (Lipinski definition) is 1. The first-order valence-corrected chi connectivity index (χ1v) is 18.6. The van der Waals surface area contributed by atoms with Gasteiger partial charge in [-0.2, -0.15) is 0 Å². The van der Waals surface area contributed by atoms with E-state index in [1.54, 1.807) is 23.7 Å². The number of aromatic nitrogens is 2. The number of aryl methyl sites for hydroxylation is 1. The molecule has 2 aromatic heterocycles. The Bertz CT molecular complexity index is 1500. The number of allylic oxidation sites excluding steroid dienone is 2. The van der Waals surface area contributed by atoms with Crippen molar-refractivity contribution < 1.29 is 34.4 Å². The summed E-state index contributed by atoms with van der Waals surface area (Å²) in [6, 6.07) is 12.3. The Balaban J connectivity index is 0.000000320. The Labute approximate surface area is 262 Å². The molecule has 0 saturated heterocycles. The Morgan fingerprint density at radius 2 is 1.66 bits per heavy atom. The van der Waals surface area contributed by atoms with Crippen molar-refractivity contribution in [3.05, 3.63) is 65.9 Å². The van der Waals surface area contributed by atoms with Crippen molar-refractivity contribution in [2.45, 2.75) is 79.9 Å². The number of nitrogens with zero attached hydrogens (tertiary/aromatic N) is 2. The molecule has 0 spiro atoms. The molecule has 0 bridgehead atoms. The number of aliphatic hydroxyl groups is 1. The van der Waals surface area contributed by atoms with Crippen molar-refractivity contribution in [1.29, 1.82) is 0 Å². The number of ketones is 1. The molecule has 223 valence electrons. The number of fused-ring (bicyclic) bond motifs is 2. The Morgan fingerprint density at radius 1 is 1.05 bits per heavy atom. The third-order valence-electron chi connectivity index (χ3n) is 7.45. The second-order valence-corrected chi connectivity index (χ2v) is 17.7. The molecule has 2 heterocycles. The van der Waals surface area contributed by atoms with Crippen LogP contribution in [0.1, 0.15) is 58.9 Å². The Kier molecular flexibility index (Phi) is 13.0. The normalized spacial score (nSPS) is 12.0. The first-order chi connectivity index (χ1) is 19.0. The topological polar surface area (TPSA) is 63.1 Å². The third-order valence-corrected chi connectivity index (χ3v) is 12.4. The molecular formula is C33H42FIrN2O2SSi-. The minimum absolute atomic E-state index is 0. The molecule has 4 nitrogen and oxygen atoms in total. The quantitative estimate of drug-likeness (QED) is 0.0799. The summed E-state index contributed by atoms with van der Waals surface area (Å²) in [5.41, 5.74) is 3.68. The van der Waals surface area contributed by atoms with Crippen LogP contribution < -0.4 is 4.50 Å². The Morgan fingerprint density at radius 3 is 2.24 bits per heavy atom. The van der Waals surface area contributed by atoms with E-state index in [9.17, 15) is 14.3 Å². The van der Waals surface area contributed by atoms with Crippen LogP contribution in [0.3, 0.4) is 0 Å². The van der Waals surface area contributed by atoms with Crippen LogP contribution in [-0.2, 0) is 24.9 Å². The largest absolute Gasteiger partial charge is 0.512 e. The summed E-state index contributed by atoms with van der Waals surface area (Å²) in [5.74, 6) is 0.306. The number of aliphatic hydroxyl groups excluding tert-OH is 1. The van der Waals surface area contributed by atoms with Crippen molar-refractivity contribution in [2.24, 2.45) is 11.8 Å². The van der Waals surface area contributed by atoms with E-state index < -0.39 is 8.07 Å². The molecule has 0 saturated carbocycles. The van der Waals surface area contributed by atoms with Crippen molar-refractivity contribution >= 4 is 50.7 Å². The van der Waals surface area contributed by atoms with Gasteiger partial charge >= 0.3 is 0 Å². The van der Waals surface area contributed by atoms with Gasteiger partial charge in [-0.3, -0.25) is 9.78 Å². The van der Waals surface area contributed by atoms with Crippen molar-refractivity contribution in [3.8, 4) is 11.3 Å². The van der Waals surface area contributed by atoms with Gasteiger partial charge in [-0.1, -0.05) is 82.6 Å². The van der Waals surface area contributed by atoms with Gasteiger partial charge in [-0.05, 0) is 42.7 Å². The second kappa shape index (κ2) is 15.3. The summed E-state index contributed by atoms with van der Waals surface area (Å²) in [7, 11) is -1.47. The van der Waals surface area contributed by atoms with Gasteiger partial charge in [-0.25, -0.2) is 9.37 Å². The van der Waals surface area contributed by atoms with Gasteiger partial charge in [0.2, 0.25) is 0 Å². The molecule has 2 aromatic carbocycles. The van der Waals surface area contributed by atoms with Crippen LogP contribution in [0.25, 0.3) is 32.2 Å². The van der Waals surface area contributed by atoms with Crippen LogP contribution in [0, 0.1) is 30.6 Å².